The van der Waals surface area contributed by atoms with Crippen LogP contribution in [0.2, 0.25) is 0 Å². The SMILES string of the molecule is Cc1cc(-c2ccccc2OC(F)(F)F)ccc1S(=O)(=O)C1CC(C(=O)NC2(C#N)CC2)N(C(=O)C2(C(F)(F)F)CC2)C1. The van der Waals surface area contributed by atoms with Crippen LogP contribution >= 0.6 is 0 Å². The molecule has 0 spiro atoms. The lowest BCUT2D eigenvalue weighted by molar-refractivity contribution is -0.274. The van der Waals surface area contributed by atoms with Crippen LogP contribution in [0.25, 0.3) is 11.1 Å². The quantitative estimate of drug-likeness (QED) is 0.440. The minimum atomic E-state index is -4.97. The van der Waals surface area contributed by atoms with Crippen molar-refractivity contribution in [2.75, 3.05) is 6.54 Å². The lowest BCUT2D eigenvalue weighted by Crippen LogP contribution is -2.53. The maximum atomic E-state index is 13.8. The average Bonchev–Trinajstić information content (AvgIpc) is 3.83. The van der Waals surface area contributed by atoms with Gasteiger partial charge in [0.2, 0.25) is 11.8 Å². The summed E-state index contributed by atoms with van der Waals surface area (Å²) in [6.45, 7) is 0.721. The van der Waals surface area contributed by atoms with E-state index in [0.29, 0.717) is 17.7 Å². The van der Waals surface area contributed by atoms with Crippen molar-refractivity contribution in [2.24, 2.45) is 5.41 Å². The fourth-order valence-corrected chi connectivity index (χ4v) is 7.37. The van der Waals surface area contributed by atoms with E-state index >= 15 is 0 Å². The van der Waals surface area contributed by atoms with Crippen molar-refractivity contribution in [3.8, 4) is 22.9 Å². The van der Waals surface area contributed by atoms with Gasteiger partial charge in [-0.25, -0.2) is 8.42 Å². The van der Waals surface area contributed by atoms with E-state index in [1.54, 1.807) is 0 Å². The number of likely N-dealkylation sites (tertiary alicyclic amines) is 1. The number of alkyl halides is 6. The molecule has 1 aliphatic heterocycles. The zero-order chi connectivity index (χ0) is 31.6. The number of aryl methyl sites for hydroxylation is 1. The highest BCUT2D eigenvalue weighted by molar-refractivity contribution is 7.92. The first-order valence-corrected chi connectivity index (χ1v) is 14.8. The average molecular weight is 630 g/mol. The van der Waals surface area contributed by atoms with Crippen LogP contribution < -0.4 is 10.1 Å². The standard InChI is InChI=1S/C28H25F6N3O5S/c1-16-12-17(19-4-2-3-5-21(19)42-28(32,33)34)6-7-22(16)43(40,41)18-13-20(23(38)36-25(15-35)8-9-25)37(14-18)24(39)26(10-11-26)27(29,30)31/h2-7,12,18,20H,8-11,13-14H2,1H3,(H,36,38). The molecule has 2 saturated carbocycles. The molecule has 1 heterocycles. The molecule has 2 unspecified atom stereocenters. The van der Waals surface area contributed by atoms with Gasteiger partial charge in [-0.15, -0.1) is 13.2 Å². The molecular weight excluding hydrogens is 604 g/mol. The van der Waals surface area contributed by atoms with E-state index in [0.717, 1.165) is 12.1 Å². The van der Waals surface area contributed by atoms with Crippen LogP contribution in [0.5, 0.6) is 5.75 Å². The number of carbonyl (C=O) groups excluding carboxylic acids is 2. The van der Waals surface area contributed by atoms with Gasteiger partial charge in [0.15, 0.2) is 9.84 Å². The number of rotatable bonds is 7. The highest BCUT2D eigenvalue weighted by atomic mass is 32.2. The molecule has 0 radical (unpaired) electrons. The van der Waals surface area contributed by atoms with Gasteiger partial charge in [0.25, 0.3) is 0 Å². The number of sulfone groups is 1. The van der Waals surface area contributed by atoms with Crippen molar-refractivity contribution in [1.29, 1.82) is 5.26 Å². The number of halogens is 6. The van der Waals surface area contributed by atoms with Crippen LogP contribution in [0.15, 0.2) is 47.4 Å². The fraction of sp³-hybridized carbons (Fsp3) is 0.464. The number of hydrogen-bond acceptors (Lipinski definition) is 6. The van der Waals surface area contributed by atoms with Crippen LogP contribution in [0.4, 0.5) is 26.3 Å². The monoisotopic (exact) mass is 629 g/mol. The number of nitrogens with one attached hydrogen (secondary N) is 1. The van der Waals surface area contributed by atoms with Gasteiger partial charge < -0.3 is 15.0 Å². The summed E-state index contributed by atoms with van der Waals surface area (Å²) >= 11 is 0. The van der Waals surface area contributed by atoms with E-state index in [4.69, 9.17) is 0 Å². The van der Waals surface area contributed by atoms with Crippen molar-refractivity contribution in [2.45, 2.75) is 73.3 Å². The maximum absolute atomic E-state index is 13.8. The number of benzene rings is 2. The largest absolute Gasteiger partial charge is 0.573 e. The second kappa shape index (κ2) is 10.1. The first kappa shape index (κ1) is 30.7. The Kier molecular flexibility index (Phi) is 7.23. The van der Waals surface area contributed by atoms with E-state index in [-0.39, 0.29) is 21.6 Å². The van der Waals surface area contributed by atoms with Gasteiger partial charge in [0.05, 0.1) is 16.2 Å². The van der Waals surface area contributed by atoms with Crippen molar-refractivity contribution in [3.63, 3.8) is 0 Å². The van der Waals surface area contributed by atoms with Crippen LogP contribution in [0.1, 0.15) is 37.7 Å². The molecule has 2 aliphatic carbocycles. The van der Waals surface area contributed by atoms with E-state index in [1.165, 1.54) is 37.3 Å². The predicted octanol–water partition coefficient (Wildman–Crippen LogP) is 4.82. The van der Waals surface area contributed by atoms with E-state index in [9.17, 15) is 49.6 Å². The first-order chi connectivity index (χ1) is 19.9. The Bertz CT molecular complexity index is 1620. The molecule has 2 amide bonds. The topological polar surface area (TPSA) is 117 Å². The number of para-hydroxylation sites is 1. The third-order valence-corrected chi connectivity index (χ3v) is 10.5. The Morgan fingerprint density at radius 2 is 1.70 bits per heavy atom. The van der Waals surface area contributed by atoms with Gasteiger partial charge in [-0.1, -0.05) is 30.3 Å². The molecule has 3 aliphatic rings. The van der Waals surface area contributed by atoms with Gasteiger partial charge in [-0.05, 0) is 62.3 Å². The fourth-order valence-electron chi connectivity index (χ4n) is 5.46. The smallest absolute Gasteiger partial charge is 0.405 e. The summed E-state index contributed by atoms with van der Waals surface area (Å²) in [6, 6.07) is 9.40. The van der Waals surface area contributed by atoms with Gasteiger partial charge in [0, 0.05) is 12.1 Å². The summed E-state index contributed by atoms with van der Waals surface area (Å²) < 4.78 is 112. The summed E-state index contributed by atoms with van der Waals surface area (Å²) in [6.07, 6.45) is -10.7. The Balaban J connectivity index is 1.45. The summed E-state index contributed by atoms with van der Waals surface area (Å²) in [4.78, 5) is 26.8. The molecule has 230 valence electrons. The minimum Gasteiger partial charge on any atom is -0.405 e. The molecule has 0 aromatic heterocycles. The highest BCUT2D eigenvalue weighted by Crippen LogP contribution is 2.59. The number of amides is 2. The molecular formula is C28H25F6N3O5S. The Hall–Kier alpha value is -3.80. The number of hydrogen-bond donors (Lipinski definition) is 1. The van der Waals surface area contributed by atoms with Crippen molar-refractivity contribution < 1.29 is 49.1 Å². The zero-order valence-corrected chi connectivity index (χ0v) is 23.4. The summed E-state index contributed by atoms with van der Waals surface area (Å²) in [5.41, 5.74) is -3.53. The first-order valence-electron chi connectivity index (χ1n) is 13.2. The number of nitrogens with zero attached hydrogens (tertiary/aromatic N) is 2. The van der Waals surface area contributed by atoms with Gasteiger partial charge in [-0.2, -0.15) is 18.4 Å². The van der Waals surface area contributed by atoms with Crippen LogP contribution in [0, 0.1) is 23.7 Å². The van der Waals surface area contributed by atoms with Crippen LogP contribution in [0.3, 0.4) is 0 Å². The van der Waals surface area contributed by atoms with Crippen molar-refractivity contribution in [3.05, 3.63) is 48.0 Å². The Labute approximate surface area is 242 Å². The summed E-state index contributed by atoms with van der Waals surface area (Å²) in [5, 5.41) is 10.4. The third-order valence-electron chi connectivity index (χ3n) is 8.20. The third kappa shape index (κ3) is 5.64. The maximum Gasteiger partial charge on any atom is 0.573 e. The summed E-state index contributed by atoms with van der Waals surface area (Å²) in [5.74, 6) is -2.79. The lowest BCUT2D eigenvalue weighted by Gasteiger charge is -2.29. The molecule has 1 saturated heterocycles. The minimum absolute atomic E-state index is 0.0367. The molecule has 3 fully saturated rings. The van der Waals surface area contributed by atoms with Gasteiger partial charge >= 0.3 is 12.5 Å². The molecule has 15 heteroatoms. The Morgan fingerprint density at radius 3 is 2.23 bits per heavy atom. The van der Waals surface area contributed by atoms with Gasteiger partial charge in [0.1, 0.15) is 22.7 Å². The van der Waals surface area contributed by atoms with Gasteiger partial charge in [-0.3, -0.25) is 9.59 Å². The van der Waals surface area contributed by atoms with E-state index in [2.05, 4.69) is 10.1 Å². The second-order valence-electron chi connectivity index (χ2n) is 11.2. The van der Waals surface area contributed by atoms with Crippen LogP contribution in [-0.2, 0) is 19.4 Å². The molecule has 43 heavy (non-hydrogen) atoms. The molecule has 2 aromatic rings. The molecule has 2 atom stereocenters. The Morgan fingerprint density at radius 1 is 1.05 bits per heavy atom. The highest BCUT2D eigenvalue weighted by Gasteiger charge is 2.70. The van der Waals surface area contributed by atoms with Crippen molar-refractivity contribution >= 4 is 21.7 Å². The number of ether oxygens (including phenoxy) is 1. The molecule has 8 nitrogen and oxygen atoms in total. The molecule has 1 N–H and O–H groups in total. The predicted molar refractivity (Wildman–Crippen MR) is 138 cm³/mol. The van der Waals surface area contributed by atoms with E-state index in [1.807, 2.05) is 6.07 Å². The molecule has 5 rings (SSSR count). The zero-order valence-electron chi connectivity index (χ0n) is 22.6. The van der Waals surface area contributed by atoms with Crippen molar-refractivity contribution in [1.82, 2.24) is 10.2 Å². The number of nitriles is 1. The molecule has 2 aromatic carbocycles. The normalized spacial score (nSPS) is 22.4. The second-order valence-corrected chi connectivity index (χ2v) is 13.4. The van der Waals surface area contributed by atoms with E-state index < -0.39 is 88.0 Å². The van der Waals surface area contributed by atoms with Crippen LogP contribution in [-0.4, -0.2) is 61.0 Å². The summed E-state index contributed by atoms with van der Waals surface area (Å²) in [7, 11) is -4.37. The molecule has 0 bridgehead atoms. The lowest BCUT2D eigenvalue weighted by atomic mass is 10.0. The number of carbonyl (C=O) groups is 2.